The summed E-state index contributed by atoms with van der Waals surface area (Å²) in [5.41, 5.74) is -2.75. The van der Waals surface area contributed by atoms with Crippen molar-refractivity contribution in [3.8, 4) is 0 Å². The average Bonchev–Trinajstić information content (AvgIpc) is 3.08. The van der Waals surface area contributed by atoms with E-state index in [1.807, 2.05) is 32.9 Å². The van der Waals surface area contributed by atoms with Crippen molar-refractivity contribution in [2.45, 2.75) is 76.3 Å². The Morgan fingerprint density at radius 2 is 1.89 bits per heavy atom. The minimum atomic E-state index is -1.48. The van der Waals surface area contributed by atoms with E-state index in [0.717, 1.165) is 20.3 Å². The van der Waals surface area contributed by atoms with Crippen molar-refractivity contribution in [2.75, 3.05) is 0 Å². The Hall–Kier alpha value is -0.510. The highest BCUT2D eigenvalue weighted by Crippen LogP contribution is 2.50. The molecule has 1 aliphatic heterocycles. The molecule has 150 valence electrons. The van der Waals surface area contributed by atoms with Crippen molar-refractivity contribution in [3.63, 3.8) is 0 Å². The number of aromatic nitrogens is 2. The standard InChI is InChI=1S/C18H25B2BrN2O4S/c1-15(2,24)18(6,25)11(9-17(5)16(3,4)26-20(19)27-17)10-7-8-12(21)13-14(10)28-23-22-13/h7-8,11,24-25H,9H2,1-6H3. The summed E-state index contributed by atoms with van der Waals surface area (Å²) in [5, 5.41) is 26.5. The molecule has 0 aliphatic carbocycles. The van der Waals surface area contributed by atoms with Gasteiger partial charge < -0.3 is 19.5 Å². The van der Waals surface area contributed by atoms with Gasteiger partial charge in [-0.15, -0.1) is 5.10 Å². The molecule has 2 aromatic rings. The maximum absolute atomic E-state index is 11.5. The number of hydrogen-bond acceptors (Lipinski definition) is 7. The van der Waals surface area contributed by atoms with Gasteiger partial charge in [-0.25, -0.2) is 0 Å². The van der Waals surface area contributed by atoms with E-state index in [1.165, 1.54) is 11.5 Å². The second kappa shape index (κ2) is 7.03. The van der Waals surface area contributed by atoms with Crippen molar-refractivity contribution in [2.24, 2.45) is 0 Å². The van der Waals surface area contributed by atoms with Crippen LogP contribution in [0.25, 0.3) is 10.2 Å². The van der Waals surface area contributed by atoms with Crippen LogP contribution in [0.4, 0.5) is 0 Å². The highest BCUT2D eigenvalue weighted by atomic mass is 79.9. The van der Waals surface area contributed by atoms with Crippen molar-refractivity contribution < 1.29 is 19.5 Å². The number of nitrogens with zero attached hydrogens (tertiary/aromatic N) is 2. The highest BCUT2D eigenvalue weighted by molar-refractivity contribution is 9.10. The number of rotatable bonds is 5. The van der Waals surface area contributed by atoms with Crippen molar-refractivity contribution in [1.29, 1.82) is 0 Å². The van der Waals surface area contributed by atoms with E-state index < -0.39 is 35.3 Å². The highest BCUT2D eigenvalue weighted by Gasteiger charge is 2.56. The first-order valence-corrected chi connectivity index (χ1v) is 10.7. The quantitative estimate of drug-likeness (QED) is 0.658. The monoisotopic (exact) mass is 466 g/mol. The fourth-order valence-electron chi connectivity index (χ4n) is 3.69. The van der Waals surface area contributed by atoms with E-state index >= 15 is 0 Å². The largest absolute Gasteiger partial charge is 0.411 e. The van der Waals surface area contributed by atoms with E-state index in [4.69, 9.17) is 17.0 Å². The Labute approximate surface area is 179 Å². The summed E-state index contributed by atoms with van der Waals surface area (Å²) in [7, 11) is 5.06. The summed E-state index contributed by atoms with van der Waals surface area (Å²) < 4.78 is 17.5. The Balaban J connectivity index is 2.17. The number of halogens is 1. The molecule has 1 aliphatic rings. The molecule has 10 heteroatoms. The molecule has 0 spiro atoms. The normalized spacial score (nSPS) is 25.8. The van der Waals surface area contributed by atoms with Crippen LogP contribution in [0.5, 0.6) is 0 Å². The molecule has 2 N–H and O–H groups in total. The molecule has 2 heterocycles. The number of hydrogen-bond donors (Lipinski definition) is 2. The molecule has 28 heavy (non-hydrogen) atoms. The van der Waals surface area contributed by atoms with Crippen LogP contribution in [-0.2, 0) is 9.31 Å². The molecule has 3 rings (SSSR count). The number of aliphatic hydroxyl groups is 2. The smallest absolute Gasteiger partial charge is 0.388 e. The van der Waals surface area contributed by atoms with E-state index in [-0.39, 0.29) is 0 Å². The molecule has 0 amide bonds. The number of benzene rings is 1. The number of fused-ring (bicyclic) bond motifs is 1. The van der Waals surface area contributed by atoms with Crippen LogP contribution in [0.3, 0.4) is 0 Å². The van der Waals surface area contributed by atoms with Gasteiger partial charge in [0.1, 0.15) is 13.3 Å². The van der Waals surface area contributed by atoms with Gasteiger partial charge in [0.25, 0.3) is 0 Å². The van der Waals surface area contributed by atoms with Gasteiger partial charge in [-0.1, -0.05) is 10.6 Å². The molecule has 1 fully saturated rings. The van der Waals surface area contributed by atoms with E-state index in [2.05, 4.69) is 25.5 Å². The second-order valence-corrected chi connectivity index (χ2v) is 10.5. The van der Waals surface area contributed by atoms with E-state index in [9.17, 15) is 10.2 Å². The van der Waals surface area contributed by atoms with Crippen LogP contribution in [-0.4, -0.2) is 57.0 Å². The minimum absolute atomic E-state index is 0.374. The lowest BCUT2D eigenvalue weighted by atomic mass is 9.63. The van der Waals surface area contributed by atoms with Gasteiger partial charge in [0.15, 0.2) is 0 Å². The zero-order valence-corrected chi connectivity index (χ0v) is 19.4. The minimum Gasteiger partial charge on any atom is -0.411 e. The van der Waals surface area contributed by atoms with Gasteiger partial charge in [-0.3, -0.25) is 0 Å². The third-order valence-corrected chi connectivity index (χ3v) is 7.75. The second-order valence-electron chi connectivity index (χ2n) is 8.90. The van der Waals surface area contributed by atoms with Crippen molar-refractivity contribution in [1.82, 2.24) is 9.59 Å². The lowest BCUT2D eigenvalue weighted by Crippen LogP contribution is -2.55. The molecule has 1 aromatic carbocycles. The lowest BCUT2D eigenvalue weighted by Gasteiger charge is -2.47. The summed E-state index contributed by atoms with van der Waals surface area (Å²) >= 11 is 4.76. The summed E-state index contributed by atoms with van der Waals surface area (Å²) in [6.45, 7) is 10.6. The molecule has 6 nitrogen and oxygen atoms in total. The Morgan fingerprint density at radius 3 is 2.43 bits per heavy atom. The summed E-state index contributed by atoms with van der Waals surface area (Å²) in [6.07, 6.45) is 0.374. The molecule has 0 saturated carbocycles. The fraction of sp³-hybridized carbons (Fsp3) is 0.667. The molecule has 1 saturated heterocycles. The predicted molar refractivity (Wildman–Crippen MR) is 116 cm³/mol. The van der Waals surface area contributed by atoms with Gasteiger partial charge in [0.05, 0.1) is 27.1 Å². The van der Waals surface area contributed by atoms with Gasteiger partial charge in [0, 0.05) is 10.4 Å². The summed E-state index contributed by atoms with van der Waals surface area (Å²) in [5.74, 6) is -0.497. The van der Waals surface area contributed by atoms with Gasteiger partial charge >= 0.3 is 7.01 Å². The SMILES string of the molecule is [B]B1OC(C)(C)C(C)(CC(c2ccc(Br)c3nnsc23)C(C)(O)C(C)(C)O)O1. The zero-order valence-electron chi connectivity index (χ0n) is 17.0. The zero-order chi connectivity index (χ0) is 21.1. The topological polar surface area (TPSA) is 84.7 Å². The van der Waals surface area contributed by atoms with Crippen LogP contribution in [0.15, 0.2) is 16.6 Å². The molecule has 3 unspecified atom stereocenters. The molecular formula is C18H25B2BrN2O4S. The Morgan fingerprint density at radius 1 is 1.25 bits per heavy atom. The first kappa shape index (κ1) is 22.2. The van der Waals surface area contributed by atoms with Crippen LogP contribution in [0, 0.1) is 0 Å². The molecule has 0 bridgehead atoms. The maximum atomic E-state index is 11.5. The molecular weight excluding hydrogens is 442 g/mol. The fourth-order valence-corrected chi connectivity index (χ4v) is 4.98. The molecule has 1 aromatic heterocycles. The predicted octanol–water partition coefficient (Wildman–Crippen LogP) is 3.19. The first-order chi connectivity index (χ1) is 12.7. The maximum Gasteiger partial charge on any atom is 0.388 e. The molecule has 3 atom stereocenters. The third-order valence-electron chi connectivity index (χ3n) is 6.33. The van der Waals surface area contributed by atoms with Crippen molar-refractivity contribution in [3.05, 3.63) is 22.2 Å². The Kier molecular flexibility index (Phi) is 5.57. The van der Waals surface area contributed by atoms with Crippen LogP contribution in [0.1, 0.15) is 59.4 Å². The van der Waals surface area contributed by atoms with Gasteiger partial charge in [-0.2, -0.15) is 0 Å². The van der Waals surface area contributed by atoms with Crippen LogP contribution >= 0.6 is 27.5 Å². The third kappa shape index (κ3) is 3.56. The Bertz CT molecular complexity index is 886. The average molecular weight is 467 g/mol. The summed E-state index contributed by atoms with van der Waals surface area (Å²) in [6, 6.07) is 3.82. The molecule has 2 radical (unpaired) electrons. The first-order valence-electron chi connectivity index (χ1n) is 9.16. The van der Waals surface area contributed by atoms with Crippen LogP contribution < -0.4 is 0 Å². The van der Waals surface area contributed by atoms with Crippen molar-refractivity contribution >= 4 is 52.4 Å². The van der Waals surface area contributed by atoms with Gasteiger partial charge in [-0.05, 0) is 87.1 Å². The summed E-state index contributed by atoms with van der Waals surface area (Å²) in [4.78, 5) is 0. The van der Waals surface area contributed by atoms with E-state index in [1.54, 1.807) is 20.8 Å². The van der Waals surface area contributed by atoms with Crippen LogP contribution in [0.2, 0.25) is 0 Å². The van der Waals surface area contributed by atoms with Gasteiger partial charge in [0.2, 0.25) is 0 Å². The van der Waals surface area contributed by atoms with E-state index in [0.29, 0.717) is 6.42 Å². The lowest BCUT2D eigenvalue weighted by molar-refractivity contribution is -0.147.